The van der Waals surface area contributed by atoms with Crippen LogP contribution in [0.2, 0.25) is 0 Å². The average molecular weight is 322 g/mol. The van der Waals surface area contributed by atoms with Gasteiger partial charge in [0.25, 0.3) is 0 Å². The number of benzene rings is 2. The van der Waals surface area contributed by atoms with Crippen LogP contribution in [0, 0.1) is 0 Å². The van der Waals surface area contributed by atoms with Crippen molar-refractivity contribution in [2.45, 2.75) is 52.4 Å². The molecule has 0 aliphatic heterocycles. The van der Waals surface area contributed by atoms with Crippen molar-refractivity contribution < 1.29 is 9.59 Å². The number of carbonyl (C=O) groups is 2. The molecule has 2 nitrogen and oxygen atoms in total. The number of hydrogen-bond acceptors (Lipinski definition) is 2. The monoisotopic (exact) mass is 322 g/mol. The Bertz CT molecular complexity index is 772. The summed E-state index contributed by atoms with van der Waals surface area (Å²) in [6.45, 7) is 12.6. The predicted molar refractivity (Wildman–Crippen MR) is 100 cm³/mol. The van der Waals surface area contributed by atoms with E-state index < -0.39 is 0 Å². The first-order valence-electron chi connectivity index (χ1n) is 8.28. The lowest BCUT2D eigenvalue weighted by molar-refractivity contribution is 0.112. The highest BCUT2D eigenvalue weighted by atomic mass is 16.1. The third-order valence-corrected chi connectivity index (χ3v) is 4.31. The first kappa shape index (κ1) is 18.1. The molecule has 0 aromatic heterocycles. The lowest BCUT2D eigenvalue weighted by Gasteiger charge is -2.25. The quantitative estimate of drug-likeness (QED) is 0.692. The van der Waals surface area contributed by atoms with E-state index in [0.29, 0.717) is 11.1 Å². The van der Waals surface area contributed by atoms with E-state index in [1.165, 1.54) is 5.56 Å². The molecule has 0 spiro atoms. The summed E-state index contributed by atoms with van der Waals surface area (Å²) >= 11 is 0. The summed E-state index contributed by atoms with van der Waals surface area (Å²) in [5.41, 5.74) is 4.86. The van der Waals surface area contributed by atoms with Crippen LogP contribution in [0.25, 0.3) is 11.1 Å². The summed E-state index contributed by atoms with van der Waals surface area (Å²) in [4.78, 5) is 23.4. The second kappa shape index (κ2) is 6.35. The Labute approximate surface area is 144 Å². The van der Waals surface area contributed by atoms with Gasteiger partial charge in [-0.2, -0.15) is 0 Å². The molecular formula is C22H26O2. The first-order chi connectivity index (χ1) is 11.1. The van der Waals surface area contributed by atoms with Crippen LogP contribution in [0.15, 0.2) is 36.4 Å². The smallest absolute Gasteiger partial charge is 0.150 e. The topological polar surface area (TPSA) is 34.1 Å². The third-order valence-electron chi connectivity index (χ3n) is 4.31. The highest BCUT2D eigenvalue weighted by molar-refractivity contribution is 5.94. The molecule has 2 aromatic rings. The average Bonchev–Trinajstić information content (AvgIpc) is 2.51. The maximum absolute atomic E-state index is 11.9. The van der Waals surface area contributed by atoms with Crippen LogP contribution in [0.1, 0.15) is 73.4 Å². The number of aldehydes is 2. The molecule has 0 saturated heterocycles. The van der Waals surface area contributed by atoms with Crippen molar-refractivity contribution in [1.29, 1.82) is 0 Å². The molecule has 0 N–H and O–H groups in total. The van der Waals surface area contributed by atoms with E-state index in [1.807, 2.05) is 45.0 Å². The molecule has 0 radical (unpaired) electrons. The summed E-state index contributed by atoms with van der Waals surface area (Å²) in [5, 5.41) is 0. The van der Waals surface area contributed by atoms with Crippen LogP contribution in [0.4, 0.5) is 0 Å². The van der Waals surface area contributed by atoms with E-state index in [0.717, 1.165) is 29.3 Å². The standard InChI is InChI=1S/C22H26O2/c1-21(2,3)17-9-7-8-15(12-17)18-11-10-16(13-23)20(19(18)14-24)22(4,5)6/h7-14H,1-6H3. The Balaban J connectivity index is 2.77. The fourth-order valence-electron chi connectivity index (χ4n) is 3.10. The summed E-state index contributed by atoms with van der Waals surface area (Å²) < 4.78 is 0. The van der Waals surface area contributed by atoms with Crippen molar-refractivity contribution in [1.82, 2.24) is 0 Å². The van der Waals surface area contributed by atoms with Gasteiger partial charge in [0.05, 0.1) is 0 Å². The Morgan fingerprint density at radius 1 is 0.792 bits per heavy atom. The predicted octanol–water partition coefficient (Wildman–Crippen LogP) is 5.57. The van der Waals surface area contributed by atoms with E-state index in [2.05, 4.69) is 32.9 Å². The van der Waals surface area contributed by atoms with Gasteiger partial charge in [-0.3, -0.25) is 9.59 Å². The van der Waals surface area contributed by atoms with Gasteiger partial charge < -0.3 is 0 Å². The third kappa shape index (κ3) is 3.48. The van der Waals surface area contributed by atoms with E-state index in [1.54, 1.807) is 0 Å². The van der Waals surface area contributed by atoms with Crippen LogP contribution in [-0.2, 0) is 10.8 Å². The molecule has 2 rings (SSSR count). The SMILES string of the molecule is CC(C)(C)c1cccc(-c2ccc(C=O)c(C(C)(C)C)c2C=O)c1. The van der Waals surface area contributed by atoms with Crippen LogP contribution >= 0.6 is 0 Å². The van der Waals surface area contributed by atoms with Gasteiger partial charge >= 0.3 is 0 Å². The van der Waals surface area contributed by atoms with E-state index in [-0.39, 0.29) is 10.8 Å². The van der Waals surface area contributed by atoms with E-state index in [4.69, 9.17) is 0 Å². The van der Waals surface area contributed by atoms with Gasteiger partial charge in [-0.25, -0.2) is 0 Å². The molecule has 0 aliphatic rings. The Hall–Kier alpha value is -2.22. The van der Waals surface area contributed by atoms with Crippen molar-refractivity contribution in [2.75, 3.05) is 0 Å². The molecule has 24 heavy (non-hydrogen) atoms. The van der Waals surface area contributed by atoms with Crippen LogP contribution < -0.4 is 0 Å². The van der Waals surface area contributed by atoms with Gasteiger partial charge in [0.1, 0.15) is 6.29 Å². The lowest BCUT2D eigenvalue weighted by Crippen LogP contribution is -2.18. The summed E-state index contributed by atoms with van der Waals surface area (Å²) in [5.74, 6) is 0. The minimum atomic E-state index is -0.288. The van der Waals surface area contributed by atoms with Gasteiger partial charge in [-0.15, -0.1) is 0 Å². The Morgan fingerprint density at radius 2 is 1.46 bits per heavy atom. The van der Waals surface area contributed by atoms with Gasteiger partial charge in [-0.1, -0.05) is 77.9 Å². The normalized spacial score (nSPS) is 12.1. The molecule has 0 fully saturated rings. The van der Waals surface area contributed by atoms with Crippen molar-refractivity contribution in [2.24, 2.45) is 0 Å². The van der Waals surface area contributed by atoms with E-state index >= 15 is 0 Å². The van der Waals surface area contributed by atoms with Gasteiger partial charge in [0.2, 0.25) is 0 Å². The fourth-order valence-corrected chi connectivity index (χ4v) is 3.10. The zero-order chi connectivity index (χ0) is 18.1. The summed E-state index contributed by atoms with van der Waals surface area (Å²) in [6, 6.07) is 12.0. The molecular weight excluding hydrogens is 296 g/mol. The number of rotatable bonds is 3. The molecule has 0 bridgehead atoms. The molecule has 0 unspecified atom stereocenters. The zero-order valence-electron chi connectivity index (χ0n) is 15.4. The van der Waals surface area contributed by atoms with Gasteiger partial charge in [0, 0.05) is 11.1 Å². The molecule has 0 aliphatic carbocycles. The van der Waals surface area contributed by atoms with Crippen LogP contribution in [0.5, 0.6) is 0 Å². The minimum absolute atomic E-state index is 0.0347. The first-order valence-corrected chi connectivity index (χ1v) is 8.28. The summed E-state index contributed by atoms with van der Waals surface area (Å²) in [7, 11) is 0. The zero-order valence-corrected chi connectivity index (χ0v) is 15.4. The van der Waals surface area contributed by atoms with Gasteiger partial charge in [-0.05, 0) is 33.1 Å². The van der Waals surface area contributed by atoms with Crippen molar-refractivity contribution in [3.8, 4) is 11.1 Å². The second-order valence-electron chi connectivity index (χ2n) is 8.31. The van der Waals surface area contributed by atoms with Crippen molar-refractivity contribution in [3.05, 3.63) is 58.7 Å². The maximum Gasteiger partial charge on any atom is 0.150 e. The Morgan fingerprint density at radius 3 is 1.96 bits per heavy atom. The molecule has 126 valence electrons. The molecule has 0 atom stereocenters. The summed E-state index contributed by atoms with van der Waals surface area (Å²) in [6.07, 6.45) is 1.72. The lowest BCUT2D eigenvalue weighted by atomic mass is 9.78. The largest absolute Gasteiger partial charge is 0.298 e. The molecule has 2 heteroatoms. The van der Waals surface area contributed by atoms with Crippen LogP contribution in [0.3, 0.4) is 0 Å². The number of hydrogen-bond donors (Lipinski definition) is 0. The number of carbonyl (C=O) groups excluding carboxylic acids is 2. The van der Waals surface area contributed by atoms with Gasteiger partial charge in [0.15, 0.2) is 6.29 Å². The van der Waals surface area contributed by atoms with Crippen LogP contribution in [-0.4, -0.2) is 12.6 Å². The van der Waals surface area contributed by atoms with E-state index in [9.17, 15) is 9.59 Å². The molecule has 0 heterocycles. The highest BCUT2D eigenvalue weighted by Crippen LogP contribution is 2.35. The van der Waals surface area contributed by atoms with Crippen molar-refractivity contribution >= 4 is 12.6 Å². The molecule has 2 aromatic carbocycles. The molecule has 0 amide bonds. The maximum atomic E-state index is 11.9. The molecule has 0 saturated carbocycles. The fraction of sp³-hybridized carbons (Fsp3) is 0.364. The highest BCUT2D eigenvalue weighted by Gasteiger charge is 2.24. The van der Waals surface area contributed by atoms with Crippen molar-refractivity contribution in [3.63, 3.8) is 0 Å². The Kier molecular flexibility index (Phi) is 4.80. The minimum Gasteiger partial charge on any atom is -0.298 e. The second-order valence-corrected chi connectivity index (χ2v) is 8.31.